The summed E-state index contributed by atoms with van der Waals surface area (Å²) in [5.41, 5.74) is 1.28. The van der Waals surface area contributed by atoms with Crippen LogP contribution in [0.4, 0.5) is 13.2 Å². The highest BCUT2D eigenvalue weighted by Crippen LogP contribution is 2.25. The molecule has 1 aliphatic heterocycles. The van der Waals surface area contributed by atoms with E-state index in [1.165, 1.54) is 5.56 Å². The summed E-state index contributed by atoms with van der Waals surface area (Å²) < 4.78 is 36.9. The van der Waals surface area contributed by atoms with Gasteiger partial charge in [-0.05, 0) is 43.8 Å². The molecule has 0 aliphatic carbocycles. The maximum absolute atomic E-state index is 12.3. The summed E-state index contributed by atoms with van der Waals surface area (Å²) in [5.74, 6) is 0.525. The predicted octanol–water partition coefficient (Wildman–Crippen LogP) is 2.86. The molecule has 0 radical (unpaired) electrons. The molecule has 1 aliphatic rings. The largest absolute Gasteiger partial charge is 0.415 e. The number of aliphatic hydroxyl groups is 1. The van der Waals surface area contributed by atoms with Crippen LogP contribution in [-0.4, -0.2) is 41.9 Å². The molecule has 1 fully saturated rings. The lowest BCUT2D eigenvalue weighted by molar-refractivity contribution is -0.208. The summed E-state index contributed by atoms with van der Waals surface area (Å²) in [6.07, 6.45) is -3.98. The normalized spacial score (nSPS) is 20.0. The first-order chi connectivity index (χ1) is 9.45. The fraction of sp³-hybridized carbons (Fsp3) is 0.600. The lowest BCUT2D eigenvalue weighted by Gasteiger charge is -2.33. The van der Waals surface area contributed by atoms with Crippen molar-refractivity contribution in [3.05, 3.63) is 35.9 Å². The predicted molar refractivity (Wildman–Crippen MR) is 71.4 cm³/mol. The van der Waals surface area contributed by atoms with Crippen LogP contribution in [0.1, 0.15) is 18.4 Å². The zero-order valence-corrected chi connectivity index (χ0v) is 11.3. The van der Waals surface area contributed by atoms with Gasteiger partial charge in [0.15, 0.2) is 6.10 Å². The smallest absolute Gasteiger partial charge is 0.382 e. The fourth-order valence-electron chi connectivity index (χ4n) is 2.67. The highest BCUT2D eigenvalue weighted by atomic mass is 19.4. The maximum atomic E-state index is 12.3. The molecule has 1 atom stereocenters. The van der Waals surface area contributed by atoms with Crippen LogP contribution in [0.3, 0.4) is 0 Å². The molecular weight excluding hydrogens is 267 g/mol. The summed E-state index contributed by atoms with van der Waals surface area (Å²) in [5, 5.41) is 9.07. The van der Waals surface area contributed by atoms with Crippen molar-refractivity contribution in [2.75, 3.05) is 19.6 Å². The Morgan fingerprint density at radius 1 is 1.15 bits per heavy atom. The Kier molecular flexibility index (Phi) is 5.05. The van der Waals surface area contributed by atoms with Crippen molar-refractivity contribution in [1.82, 2.24) is 4.90 Å². The van der Waals surface area contributed by atoms with Gasteiger partial charge >= 0.3 is 6.18 Å². The molecular formula is C15H20F3NO. The molecule has 5 heteroatoms. The van der Waals surface area contributed by atoms with Gasteiger partial charge in [-0.15, -0.1) is 0 Å². The van der Waals surface area contributed by atoms with E-state index in [-0.39, 0.29) is 6.54 Å². The highest BCUT2D eigenvalue weighted by Gasteiger charge is 2.39. The van der Waals surface area contributed by atoms with E-state index in [2.05, 4.69) is 12.1 Å². The van der Waals surface area contributed by atoms with E-state index in [0.717, 1.165) is 19.3 Å². The number of rotatable bonds is 4. The van der Waals surface area contributed by atoms with E-state index in [0.29, 0.717) is 19.0 Å². The van der Waals surface area contributed by atoms with Crippen molar-refractivity contribution in [2.45, 2.75) is 31.5 Å². The Morgan fingerprint density at radius 2 is 1.75 bits per heavy atom. The van der Waals surface area contributed by atoms with Crippen LogP contribution in [0.25, 0.3) is 0 Å². The summed E-state index contributed by atoms with van der Waals surface area (Å²) in [4.78, 5) is 1.71. The quantitative estimate of drug-likeness (QED) is 0.920. The number of benzene rings is 1. The second-order valence-corrected chi connectivity index (χ2v) is 5.49. The first-order valence-electron chi connectivity index (χ1n) is 6.96. The number of nitrogens with zero attached hydrogens (tertiary/aromatic N) is 1. The van der Waals surface area contributed by atoms with Crippen LogP contribution in [0.5, 0.6) is 0 Å². The Morgan fingerprint density at radius 3 is 2.30 bits per heavy atom. The molecule has 0 unspecified atom stereocenters. The van der Waals surface area contributed by atoms with Gasteiger partial charge in [0.05, 0.1) is 0 Å². The molecule has 1 aromatic rings. The van der Waals surface area contributed by atoms with Crippen molar-refractivity contribution >= 4 is 0 Å². The first-order valence-corrected chi connectivity index (χ1v) is 6.96. The monoisotopic (exact) mass is 287 g/mol. The van der Waals surface area contributed by atoms with Crippen molar-refractivity contribution in [2.24, 2.45) is 5.92 Å². The number of likely N-dealkylation sites (tertiary alicyclic amines) is 1. The van der Waals surface area contributed by atoms with E-state index < -0.39 is 12.3 Å². The fourth-order valence-corrected chi connectivity index (χ4v) is 2.67. The highest BCUT2D eigenvalue weighted by molar-refractivity contribution is 5.15. The molecule has 0 spiro atoms. The van der Waals surface area contributed by atoms with Crippen LogP contribution in [0.2, 0.25) is 0 Å². The average Bonchev–Trinajstić information content (AvgIpc) is 2.41. The molecule has 0 aromatic heterocycles. The molecule has 0 bridgehead atoms. The molecule has 112 valence electrons. The summed E-state index contributed by atoms with van der Waals surface area (Å²) in [6.45, 7) is 0.955. The van der Waals surface area contributed by atoms with Crippen LogP contribution < -0.4 is 0 Å². The number of hydrogen-bond acceptors (Lipinski definition) is 2. The SMILES string of the molecule is O[C@H](CN1CCC(Cc2ccccc2)CC1)C(F)(F)F. The number of hydrogen-bond donors (Lipinski definition) is 1. The minimum atomic E-state index is -4.51. The van der Waals surface area contributed by atoms with Gasteiger partial charge in [-0.25, -0.2) is 0 Å². The topological polar surface area (TPSA) is 23.5 Å². The van der Waals surface area contributed by atoms with Gasteiger partial charge in [0, 0.05) is 6.54 Å². The second-order valence-electron chi connectivity index (χ2n) is 5.49. The summed E-state index contributed by atoms with van der Waals surface area (Å²) in [6, 6.07) is 10.2. The van der Waals surface area contributed by atoms with Crippen molar-refractivity contribution < 1.29 is 18.3 Å². The van der Waals surface area contributed by atoms with Gasteiger partial charge in [0.2, 0.25) is 0 Å². The average molecular weight is 287 g/mol. The number of piperidine rings is 1. The van der Waals surface area contributed by atoms with Crippen molar-refractivity contribution in [3.8, 4) is 0 Å². The molecule has 1 aromatic carbocycles. The standard InChI is InChI=1S/C15H20F3NO/c16-15(17,18)14(20)11-19-8-6-13(7-9-19)10-12-4-2-1-3-5-12/h1-5,13-14,20H,6-11H2/t14-/m1/s1. The molecule has 1 N–H and O–H groups in total. The maximum Gasteiger partial charge on any atom is 0.415 e. The Balaban J connectivity index is 1.75. The molecule has 0 saturated carbocycles. The van der Waals surface area contributed by atoms with Gasteiger partial charge in [-0.3, -0.25) is 0 Å². The number of β-amino-alcohol motifs (C(OH)–C–C–N with tert-alkyl or cyclic N) is 1. The van der Waals surface area contributed by atoms with Crippen LogP contribution >= 0.6 is 0 Å². The molecule has 2 rings (SSSR count). The van der Waals surface area contributed by atoms with Gasteiger partial charge < -0.3 is 10.0 Å². The van der Waals surface area contributed by atoms with Crippen LogP contribution in [-0.2, 0) is 6.42 Å². The summed E-state index contributed by atoms with van der Waals surface area (Å²) >= 11 is 0. The van der Waals surface area contributed by atoms with Crippen molar-refractivity contribution in [3.63, 3.8) is 0 Å². The zero-order valence-electron chi connectivity index (χ0n) is 11.3. The number of aliphatic hydroxyl groups excluding tert-OH is 1. The second kappa shape index (κ2) is 6.59. The van der Waals surface area contributed by atoms with E-state index >= 15 is 0 Å². The van der Waals surface area contributed by atoms with Gasteiger partial charge in [0.25, 0.3) is 0 Å². The van der Waals surface area contributed by atoms with Gasteiger partial charge in [-0.1, -0.05) is 30.3 Å². The molecule has 2 nitrogen and oxygen atoms in total. The Bertz CT molecular complexity index is 399. The molecule has 1 saturated heterocycles. The zero-order chi connectivity index (χ0) is 14.6. The third-order valence-corrected chi connectivity index (χ3v) is 3.88. The lowest BCUT2D eigenvalue weighted by atomic mass is 9.90. The minimum Gasteiger partial charge on any atom is -0.382 e. The van der Waals surface area contributed by atoms with E-state index in [4.69, 9.17) is 5.11 Å². The summed E-state index contributed by atoms with van der Waals surface area (Å²) in [7, 11) is 0. The molecule has 20 heavy (non-hydrogen) atoms. The Hall–Kier alpha value is -1.07. The lowest BCUT2D eigenvalue weighted by Crippen LogP contribution is -2.44. The molecule has 0 amide bonds. The Labute approximate surface area is 117 Å². The number of alkyl halides is 3. The van der Waals surface area contributed by atoms with Crippen molar-refractivity contribution in [1.29, 1.82) is 0 Å². The van der Waals surface area contributed by atoms with Crippen LogP contribution in [0, 0.1) is 5.92 Å². The minimum absolute atomic E-state index is 0.304. The molecule has 1 heterocycles. The third-order valence-electron chi connectivity index (χ3n) is 3.88. The van der Waals surface area contributed by atoms with E-state index in [1.54, 1.807) is 4.90 Å². The van der Waals surface area contributed by atoms with E-state index in [9.17, 15) is 13.2 Å². The number of halogens is 3. The van der Waals surface area contributed by atoms with Gasteiger partial charge in [-0.2, -0.15) is 13.2 Å². The van der Waals surface area contributed by atoms with E-state index in [1.807, 2.05) is 18.2 Å². The van der Waals surface area contributed by atoms with Crippen LogP contribution in [0.15, 0.2) is 30.3 Å². The van der Waals surface area contributed by atoms with Gasteiger partial charge in [0.1, 0.15) is 0 Å². The first kappa shape index (κ1) is 15.3. The third kappa shape index (κ3) is 4.49.